The summed E-state index contributed by atoms with van der Waals surface area (Å²) in [4.78, 5) is 38.3. The first-order valence-corrected chi connectivity index (χ1v) is 9.74. The number of hydrogen-bond donors (Lipinski definition) is 1. The largest absolute Gasteiger partial charge is 0.462 e. The molecule has 0 unspecified atom stereocenters. The normalized spacial score (nSPS) is 14.0. The van der Waals surface area contributed by atoms with Crippen LogP contribution in [0.25, 0.3) is 0 Å². The summed E-state index contributed by atoms with van der Waals surface area (Å²) in [6.07, 6.45) is 0.681. The highest BCUT2D eigenvalue weighted by atomic mass is 32.1. The van der Waals surface area contributed by atoms with E-state index in [4.69, 9.17) is 9.15 Å². The van der Waals surface area contributed by atoms with Gasteiger partial charge in [-0.05, 0) is 38.8 Å². The van der Waals surface area contributed by atoms with Gasteiger partial charge in [0.1, 0.15) is 9.92 Å². The molecule has 3 rings (SSSR count). The number of ether oxygens (including phenoxy) is 1. The number of hydrogen-bond acceptors (Lipinski definition) is 8. The van der Waals surface area contributed by atoms with Crippen LogP contribution in [0.5, 0.6) is 0 Å². The van der Waals surface area contributed by atoms with E-state index in [0.29, 0.717) is 29.6 Å². The first-order chi connectivity index (χ1) is 13.3. The first kappa shape index (κ1) is 20.0. The highest BCUT2D eigenvalue weighted by Crippen LogP contribution is 2.38. The number of nitro groups is 1. The van der Waals surface area contributed by atoms with Gasteiger partial charge in [-0.25, -0.2) is 4.79 Å². The number of furan rings is 1. The molecule has 0 radical (unpaired) electrons. The van der Waals surface area contributed by atoms with E-state index in [-0.39, 0.29) is 12.4 Å². The molecule has 2 aromatic rings. The summed E-state index contributed by atoms with van der Waals surface area (Å²) >= 11 is 1.32. The molecule has 1 aliphatic heterocycles. The van der Waals surface area contributed by atoms with Gasteiger partial charge in [0.05, 0.1) is 18.2 Å². The van der Waals surface area contributed by atoms with Crippen molar-refractivity contribution < 1.29 is 23.7 Å². The predicted molar refractivity (Wildman–Crippen MR) is 103 cm³/mol. The van der Waals surface area contributed by atoms with Crippen LogP contribution in [0.2, 0.25) is 0 Å². The van der Waals surface area contributed by atoms with Crippen LogP contribution in [0.15, 0.2) is 16.5 Å². The number of carbonyl (C=O) groups is 2. The molecule has 2 aromatic heterocycles. The fourth-order valence-corrected chi connectivity index (χ4v) is 4.34. The third kappa shape index (κ3) is 3.92. The molecule has 0 aliphatic carbocycles. The van der Waals surface area contributed by atoms with Gasteiger partial charge in [-0.3, -0.25) is 19.8 Å². The summed E-state index contributed by atoms with van der Waals surface area (Å²) in [5.74, 6) is -1.86. The topological polar surface area (TPSA) is 115 Å². The average molecular weight is 407 g/mol. The number of nitrogens with zero attached hydrogens (tertiary/aromatic N) is 2. The maximum absolute atomic E-state index is 12.5. The standard InChI is InChI=1S/C18H21N3O6S/c1-4-26-18(23)15-11-7-8-20(10(2)3)9-13(11)28-17(15)19-16(22)12-5-6-14(27-12)21(24)25/h5-6,10H,4,7-9H2,1-3H3,(H,19,22). The fraction of sp³-hybridized carbons (Fsp3) is 0.444. The van der Waals surface area contributed by atoms with Crippen molar-refractivity contribution in [1.82, 2.24) is 4.90 Å². The lowest BCUT2D eigenvalue weighted by atomic mass is 10.0. The number of esters is 1. The van der Waals surface area contributed by atoms with Crippen LogP contribution in [-0.4, -0.2) is 40.9 Å². The lowest BCUT2D eigenvalue weighted by Crippen LogP contribution is -2.35. The third-order valence-electron chi connectivity index (χ3n) is 4.52. The Morgan fingerprint density at radius 3 is 2.79 bits per heavy atom. The second-order valence-electron chi connectivity index (χ2n) is 6.59. The highest BCUT2D eigenvalue weighted by Gasteiger charge is 2.31. The first-order valence-electron chi connectivity index (χ1n) is 8.93. The lowest BCUT2D eigenvalue weighted by Gasteiger charge is -2.30. The van der Waals surface area contributed by atoms with E-state index in [9.17, 15) is 19.7 Å². The summed E-state index contributed by atoms with van der Waals surface area (Å²) < 4.78 is 10.1. The fourth-order valence-electron chi connectivity index (χ4n) is 3.08. The van der Waals surface area contributed by atoms with Crippen molar-refractivity contribution in [3.8, 4) is 0 Å². The highest BCUT2D eigenvalue weighted by molar-refractivity contribution is 7.17. The smallest absolute Gasteiger partial charge is 0.433 e. The van der Waals surface area contributed by atoms with Gasteiger partial charge in [0, 0.05) is 24.0 Å². The monoisotopic (exact) mass is 407 g/mol. The van der Waals surface area contributed by atoms with Gasteiger partial charge >= 0.3 is 11.9 Å². The Labute approximate surface area is 165 Å². The number of nitrogens with one attached hydrogen (secondary N) is 1. The van der Waals surface area contributed by atoms with Gasteiger partial charge in [0.25, 0.3) is 5.91 Å². The number of carbonyl (C=O) groups excluding carboxylic acids is 2. The van der Waals surface area contributed by atoms with Crippen molar-refractivity contribution >= 4 is 34.1 Å². The van der Waals surface area contributed by atoms with Crippen LogP contribution in [0.4, 0.5) is 10.9 Å². The summed E-state index contributed by atoms with van der Waals surface area (Å²) in [7, 11) is 0. The Bertz CT molecular complexity index is 917. The van der Waals surface area contributed by atoms with E-state index in [2.05, 4.69) is 24.1 Å². The lowest BCUT2D eigenvalue weighted by molar-refractivity contribution is -0.402. The minimum atomic E-state index is -0.717. The molecule has 150 valence electrons. The van der Waals surface area contributed by atoms with Crippen LogP contribution in [0.3, 0.4) is 0 Å². The Morgan fingerprint density at radius 1 is 1.43 bits per heavy atom. The second kappa shape index (κ2) is 8.11. The number of anilines is 1. The molecule has 0 bridgehead atoms. The van der Waals surface area contributed by atoms with Crippen molar-refractivity contribution in [3.63, 3.8) is 0 Å². The number of amides is 1. The maximum atomic E-state index is 12.5. The number of rotatable bonds is 6. The maximum Gasteiger partial charge on any atom is 0.433 e. The van der Waals surface area contributed by atoms with E-state index in [1.165, 1.54) is 17.4 Å². The molecule has 1 amide bonds. The molecule has 28 heavy (non-hydrogen) atoms. The Balaban J connectivity index is 1.91. The summed E-state index contributed by atoms with van der Waals surface area (Å²) in [5, 5.41) is 13.8. The Kier molecular flexibility index (Phi) is 5.80. The zero-order chi connectivity index (χ0) is 20.4. The molecule has 1 aliphatic rings. The summed E-state index contributed by atoms with van der Waals surface area (Å²) in [6.45, 7) is 7.66. The molecule has 0 saturated carbocycles. The number of thiophene rings is 1. The van der Waals surface area contributed by atoms with E-state index >= 15 is 0 Å². The van der Waals surface area contributed by atoms with Gasteiger partial charge < -0.3 is 14.5 Å². The van der Waals surface area contributed by atoms with Crippen LogP contribution >= 0.6 is 11.3 Å². The molecular formula is C18H21N3O6S. The van der Waals surface area contributed by atoms with Gasteiger partial charge in [-0.1, -0.05) is 0 Å². The van der Waals surface area contributed by atoms with E-state index in [1.807, 2.05) is 0 Å². The zero-order valence-electron chi connectivity index (χ0n) is 15.8. The van der Waals surface area contributed by atoms with Gasteiger partial charge in [-0.2, -0.15) is 0 Å². The van der Waals surface area contributed by atoms with Crippen LogP contribution in [-0.2, 0) is 17.7 Å². The molecular weight excluding hydrogens is 386 g/mol. The van der Waals surface area contributed by atoms with Crippen LogP contribution < -0.4 is 5.32 Å². The SMILES string of the molecule is CCOC(=O)c1c(NC(=O)c2ccc([N+](=O)[O-])o2)sc2c1CCN(C(C)C)C2. The molecule has 10 heteroatoms. The molecule has 0 aromatic carbocycles. The van der Waals surface area contributed by atoms with Gasteiger partial charge in [-0.15, -0.1) is 11.3 Å². The van der Waals surface area contributed by atoms with Crippen molar-refractivity contribution in [2.45, 2.75) is 39.8 Å². The Morgan fingerprint density at radius 2 is 2.18 bits per heavy atom. The minimum Gasteiger partial charge on any atom is -0.462 e. The van der Waals surface area contributed by atoms with E-state index in [0.717, 1.165) is 23.1 Å². The predicted octanol–water partition coefficient (Wildman–Crippen LogP) is 3.44. The van der Waals surface area contributed by atoms with Crippen molar-refractivity contribution in [1.29, 1.82) is 0 Å². The molecule has 0 fully saturated rings. The number of fused-ring (bicyclic) bond motifs is 1. The minimum absolute atomic E-state index is 0.198. The molecule has 3 heterocycles. The van der Waals surface area contributed by atoms with Crippen LogP contribution in [0, 0.1) is 10.1 Å². The van der Waals surface area contributed by atoms with Crippen molar-refractivity contribution in [2.75, 3.05) is 18.5 Å². The molecule has 0 atom stereocenters. The van der Waals surface area contributed by atoms with Gasteiger partial charge in [0.2, 0.25) is 0 Å². The zero-order valence-corrected chi connectivity index (χ0v) is 16.6. The van der Waals surface area contributed by atoms with Crippen molar-refractivity contribution in [2.24, 2.45) is 0 Å². The van der Waals surface area contributed by atoms with E-state index in [1.54, 1.807) is 6.92 Å². The molecule has 9 nitrogen and oxygen atoms in total. The second-order valence-corrected chi connectivity index (χ2v) is 7.70. The van der Waals surface area contributed by atoms with E-state index < -0.39 is 22.7 Å². The average Bonchev–Trinajstić information content (AvgIpc) is 3.26. The molecule has 1 N–H and O–H groups in total. The quantitative estimate of drug-likeness (QED) is 0.443. The third-order valence-corrected chi connectivity index (χ3v) is 5.65. The Hall–Kier alpha value is -2.72. The summed E-state index contributed by atoms with van der Waals surface area (Å²) in [5.41, 5.74) is 1.25. The molecule has 0 spiro atoms. The molecule has 0 saturated heterocycles. The van der Waals surface area contributed by atoms with Gasteiger partial charge in [0.15, 0.2) is 5.76 Å². The summed E-state index contributed by atoms with van der Waals surface area (Å²) in [6, 6.07) is 2.70. The van der Waals surface area contributed by atoms with Crippen molar-refractivity contribution in [3.05, 3.63) is 44.0 Å². The van der Waals surface area contributed by atoms with Crippen LogP contribution in [0.1, 0.15) is 52.1 Å².